The van der Waals surface area contributed by atoms with Crippen LogP contribution in [0.5, 0.6) is 0 Å². The highest BCUT2D eigenvalue weighted by molar-refractivity contribution is 7.98. The van der Waals surface area contributed by atoms with Crippen LogP contribution in [0.3, 0.4) is 0 Å². The van der Waals surface area contributed by atoms with Gasteiger partial charge < -0.3 is 37.6 Å². The van der Waals surface area contributed by atoms with E-state index in [1.807, 2.05) is 6.26 Å². The van der Waals surface area contributed by atoms with Crippen molar-refractivity contribution in [1.29, 1.82) is 0 Å². The Kier molecular flexibility index (Phi) is 14.0. The number of aliphatic hydroxyl groups is 1. The van der Waals surface area contributed by atoms with Gasteiger partial charge >= 0.3 is 5.97 Å². The number of carbonyl (C=O) groups excluding carboxylic acids is 3. The van der Waals surface area contributed by atoms with Crippen molar-refractivity contribution < 1.29 is 29.4 Å². The molecule has 11 nitrogen and oxygen atoms in total. The SMILES string of the molecule is CSCCC(NC(=O)C(N)CCCCN)C(=O)NCC(=O)NC(C(=O)O)C(C)O. The van der Waals surface area contributed by atoms with Crippen LogP contribution >= 0.6 is 11.8 Å². The molecule has 0 radical (unpaired) electrons. The van der Waals surface area contributed by atoms with Crippen molar-refractivity contribution in [3.63, 3.8) is 0 Å². The highest BCUT2D eigenvalue weighted by atomic mass is 32.2. The molecular formula is C17H33N5O6S. The summed E-state index contributed by atoms with van der Waals surface area (Å²) in [5.41, 5.74) is 11.2. The van der Waals surface area contributed by atoms with E-state index in [1.54, 1.807) is 0 Å². The number of carboxylic acid groups (broad SMARTS) is 1. The van der Waals surface area contributed by atoms with Crippen molar-refractivity contribution in [3.8, 4) is 0 Å². The first-order valence-electron chi connectivity index (χ1n) is 9.36. The molecule has 4 atom stereocenters. The zero-order valence-corrected chi connectivity index (χ0v) is 17.7. The Balaban J connectivity index is 4.72. The van der Waals surface area contributed by atoms with Gasteiger partial charge in [0.15, 0.2) is 6.04 Å². The second-order valence-electron chi connectivity index (χ2n) is 6.58. The molecule has 0 fully saturated rings. The van der Waals surface area contributed by atoms with Gasteiger partial charge in [-0.15, -0.1) is 0 Å². The second kappa shape index (κ2) is 15.0. The number of hydrogen-bond acceptors (Lipinski definition) is 8. The van der Waals surface area contributed by atoms with Gasteiger partial charge in [0, 0.05) is 0 Å². The predicted molar refractivity (Wildman–Crippen MR) is 110 cm³/mol. The maximum Gasteiger partial charge on any atom is 0.328 e. The molecule has 0 heterocycles. The van der Waals surface area contributed by atoms with E-state index in [1.165, 1.54) is 18.7 Å². The van der Waals surface area contributed by atoms with Crippen LogP contribution in [-0.2, 0) is 19.2 Å². The molecule has 168 valence electrons. The molecule has 0 aliphatic heterocycles. The van der Waals surface area contributed by atoms with E-state index in [9.17, 15) is 24.3 Å². The van der Waals surface area contributed by atoms with Gasteiger partial charge in [0.25, 0.3) is 0 Å². The Bertz CT molecular complexity index is 548. The predicted octanol–water partition coefficient (Wildman–Crippen LogP) is -2.25. The van der Waals surface area contributed by atoms with Crippen LogP contribution in [0, 0.1) is 0 Å². The fourth-order valence-electron chi connectivity index (χ4n) is 2.33. The van der Waals surface area contributed by atoms with Crippen molar-refractivity contribution in [1.82, 2.24) is 16.0 Å². The van der Waals surface area contributed by atoms with E-state index in [4.69, 9.17) is 16.6 Å². The van der Waals surface area contributed by atoms with Crippen LogP contribution in [0.1, 0.15) is 32.6 Å². The number of rotatable bonds is 15. The van der Waals surface area contributed by atoms with Crippen LogP contribution in [0.4, 0.5) is 0 Å². The molecule has 0 aromatic heterocycles. The van der Waals surface area contributed by atoms with Crippen molar-refractivity contribution >= 4 is 35.5 Å². The normalized spacial score (nSPS) is 14.9. The topological polar surface area (TPSA) is 197 Å². The molecule has 3 amide bonds. The van der Waals surface area contributed by atoms with Crippen molar-refractivity contribution in [2.24, 2.45) is 11.5 Å². The Morgan fingerprint density at radius 1 is 1.07 bits per heavy atom. The van der Waals surface area contributed by atoms with Crippen LogP contribution in [-0.4, -0.2) is 83.2 Å². The molecule has 9 N–H and O–H groups in total. The van der Waals surface area contributed by atoms with Crippen LogP contribution < -0.4 is 27.4 Å². The molecule has 4 unspecified atom stereocenters. The van der Waals surface area contributed by atoms with Gasteiger partial charge in [0.05, 0.1) is 18.7 Å². The summed E-state index contributed by atoms with van der Waals surface area (Å²) in [6.07, 6.45) is 2.77. The van der Waals surface area contributed by atoms with Crippen LogP contribution in [0.25, 0.3) is 0 Å². The van der Waals surface area contributed by atoms with Crippen molar-refractivity contribution in [3.05, 3.63) is 0 Å². The van der Waals surface area contributed by atoms with Crippen LogP contribution in [0.2, 0.25) is 0 Å². The number of thioether (sulfide) groups is 1. The zero-order chi connectivity index (χ0) is 22.4. The number of amides is 3. The molecule has 0 aromatic carbocycles. The summed E-state index contributed by atoms with van der Waals surface area (Å²) in [5.74, 6) is -2.63. The number of hydrogen-bond donors (Lipinski definition) is 7. The highest BCUT2D eigenvalue weighted by Gasteiger charge is 2.26. The van der Waals surface area contributed by atoms with Crippen LogP contribution in [0.15, 0.2) is 0 Å². The molecule has 0 saturated heterocycles. The molecule has 0 aliphatic carbocycles. The maximum atomic E-state index is 12.4. The standard InChI is InChI=1S/C17H33N5O6S/c1-10(23)14(17(27)28)22-13(24)9-20-16(26)12(6-8-29-2)21-15(25)11(19)5-3-4-7-18/h10-12,14,23H,3-9,18-19H2,1-2H3,(H,20,26)(H,21,25)(H,22,24)(H,27,28). The number of nitrogens with one attached hydrogen (secondary N) is 3. The zero-order valence-electron chi connectivity index (χ0n) is 16.8. The minimum absolute atomic E-state index is 0.335. The fraction of sp³-hybridized carbons (Fsp3) is 0.765. The molecule has 0 aromatic rings. The lowest BCUT2D eigenvalue weighted by Gasteiger charge is -2.21. The number of unbranched alkanes of at least 4 members (excludes halogenated alkanes) is 1. The molecule has 0 saturated carbocycles. The summed E-state index contributed by atoms with van der Waals surface area (Å²) in [4.78, 5) is 47.5. The van der Waals surface area contributed by atoms with E-state index in [0.717, 1.165) is 6.42 Å². The van der Waals surface area contributed by atoms with E-state index in [-0.39, 0.29) is 0 Å². The number of carbonyl (C=O) groups is 4. The Hall–Kier alpha value is -1.89. The fourth-order valence-corrected chi connectivity index (χ4v) is 2.80. The third-order valence-electron chi connectivity index (χ3n) is 4.04. The maximum absolute atomic E-state index is 12.4. The third kappa shape index (κ3) is 11.6. The number of nitrogens with two attached hydrogens (primary N) is 2. The lowest BCUT2D eigenvalue weighted by molar-refractivity contribution is -0.144. The molecular weight excluding hydrogens is 402 g/mol. The summed E-state index contributed by atoms with van der Waals surface area (Å²) < 4.78 is 0. The summed E-state index contributed by atoms with van der Waals surface area (Å²) in [7, 11) is 0. The minimum atomic E-state index is -1.49. The van der Waals surface area contributed by atoms with E-state index in [0.29, 0.717) is 31.6 Å². The molecule has 0 bridgehead atoms. The van der Waals surface area contributed by atoms with Gasteiger partial charge in [-0.25, -0.2) is 4.79 Å². The molecule has 0 rings (SSSR count). The number of aliphatic carboxylic acids is 1. The summed E-state index contributed by atoms with van der Waals surface area (Å²) in [6.45, 7) is 1.23. The largest absolute Gasteiger partial charge is 0.480 e. The lowest BCUT2D eigenvalue weighted by atomic mass is 10.1. The summed E-state index contributed by atoms with van der Waals surface area (Å²) >= 11 is 1.49. The number of carboxylic acids is 1. The van der Waals surface area contributed by atoms with Gasteiger partial charge in [-0.1, -0.05) is 6.42 Å². The average Bonchev–Trinajstić information content (AvgIpc) is 2.66. The highest BCUT2D eigenvalue weighted by Crippen LogP contribution is 2.04. The van der Waals surface area contributed by atoms with E-state index < -0.39 is 54.5 Å². The third-order valence-corrected chi connectivity index (χ3v) is 4.68. The molecule has 29 heavy (non-hydrogen) atoms. The van der Waals surface area contributed by atoms with Gasteiger partial charge in [-0.3, -0.25) is 14.4 Å². The molecule has 0 spiro atoms. The molecule has 0 aliphatic rings. The quantitative estimate of drug-likeness (QED) is 0.139. The first-order chi connectivity index (χ1) is 13.6. The van der Waals surface area contributed by atoms with E-state index in [2.05, 4.69) is 16.0 Å². The first-order valence-corrected chi connectivity index (χ1v) is 10.8. The van der Waals surface area contributed by atoms with Gasteiger partial charge in [-0.05, 0) is 44.7 Å². The van der Waals surface area contributed by atoms with Crippen molar-refractivity contribution in [2.45, 2.75) is 56.8 Å². The lowest BCUT2D eigenvalue weighted by Crippen LogP contribution is -2.54. The monoisotopic (exact) mass is 435 g/mol. The van der Waals surface area contributed by atoms with Gasteiger partial charge in [0.1, 0.15) is 6.04 Å². The van der Waals surface area contributed by atoms with Crippen molar-refractivity contribution in [2.75, 3.05) is 25.1 Å². The Labute approximate surface area is 174 Å². The Morgan fingerprint density at radius 2 is 1.72 bits per heavy atom. The van der Waals surface area contributed by atoms with E-state index >= 15 is 0 Å². The number of aliphatic hydroxyl groups excluding tert-OH is 1. The Morgan fingerprint density at radius 3 is 2.24 bits per heavy atom. The summed E-state index contributed by atoms with van der Waals surface area (Å²) in [5, 5.41) is 25.4. The summed E-state index contributed by atoms with van der Waals surface area (Å²) in [6, 6.07) is -3.13. The minimum Gasteiger partial charge on any atom is -0.480 e. The van der Waals surface area contributed by atoms with Gasteiger partial charge in [0.2, 0.25) is 17.7 Å². The first kappa shape index (κ1) is 27.1. The molecule has 12 heteroatoms. The second-order valence-corrected chi connectivity index (χ2v) is 7.56. The smallest absolute Gasteiger partial charge is 0.328 e. The van der Waals surface area contributed by atoms with Gasteiger partial charge in [-0.2, -0.15) is 11.8 Å². The average molecular weight is 436 g/mol.